The molecule has 0 unspecified atom stereocenters. The van der Waals surface area contributed by atoms with Crippen LogP contribution in [0.25, 0.3) is 22.0 Å². The maximum Gasteiger partial charge on any atom is 0.246 e. The minimum Gasteiger partial charge on any atom is -0.490 e. The molecule has 3 aromatic rings. The molecule has 0 bridgehead atoms. The van der Waals surface area contributed by atoms with Crippen LogP contribution in [-0.4, -0.2) is 46.5 Å². The van der Waals surface area contributed by atoms with E-state index in [4.69, 9.17) is 16.3 Å². The standard InChI is InChI=1S/C26H28ClN3O3/c1-5-25(32)29-13-19(14-29)28-24(31)15-30-17(4)26(21-12-18(27)10-11-22(21)30)20-8-6-7-9-23(20)33-16(2)3/h5-12,16,19H,1,13-15H2,2-4H3,(H,28,31). The number of nitrogens with zero attached hydrogens (tertiary/aromatic N) is 2. The van der Waals surface area contributed by atoms with Crippen LogP contribution in [0.4, 0.5) is 0 Å². The van der Waals surface area contributed by atoms with Crippen molar-refractivity contribution in [2.75, 3.05) is 13.1 Å². The number of rotatable bonds is 7. The van der Waals surface area contributed by atoms with Gasteiger partial charge >= 0.3 is 0 Å². The number of fused-ring (bicyclic) bond motifs is 1. The summed E-state index contributed by atoms with van der Waals surface area (Å²) in [6, 6.07) is 13.6. The Bertz CT molecular complexity index is 1220. The number of amides is 2. The van der Waals surface area contributed by atoms with Gasteiger partial charge in [0.2, 0.25) is 11.8 Å². The summed E-state index contributed by atoms with van der Waals surface area (Å²) in [6.45, 7) is 10.7. The minimum absolute atomic E-state index is 0.0317. The van der Waals surface area contributed by atoms with Crippen LogP contribution in [0, 0.1) is 6.92 Å². The van der Waals surface area contributed by atoms with E-state index in [0.29, 0.717) is 18.1 Å². The molecular formula is C26H28ClN3O3. The molecule has 1 fully saturated rings. The fourth-order valence-corrected chi connectivity index (χ4v) is 4.50. The number of ether oxygens (including phenoxy) is 1. The summed E-state index contributed by atoms with van der Waals surface area (Å²) >= 11 is 6.36. The quantitative estimate of drug-likeness (QED) is 0.520. The highest BCUT2D eigenvalue weighted by atomic mass is 35.5. The number of carbonyl (C=O) groups excluding carboxylic acids is 2. The third kappa shape index (κ3) is 4.62. The minimum atomic E-state index is -0.114. The van der Waals surface area contributed by atoms with E-state index in [1.165, 1.54) is 6.08 Å². The van der Waals surface area contributed by atoms with Gasteiger partial charge in [0.05, 0.1) is 12.1 Å². The van der Waals surface area contributed by atoms with Crippen LogP contribution >= 0.6 is 11.6 Å². The fraction of sp³-hybridized carbons (Fsp3) is 0.308. The van der Waals surface area contributed by atoms with Crippen molar-refractivity contribution in [2.45, 2.75) is 39.5 Å². The molecule has 1 aromatic heterocycles. The number of para-hydroxylation sites is 1. The molecule has 7 heteroatoms. The predicted molar refractivity (Wildman–Crippen MR) is 132 cm³/mol. The van der Waals surface area contributed by atoms with Crippen LogP contribution in [-0.2, 0) is 16.1 Å². The molecule has 1 aliphatic rings. The highest BCUT2D eigenvalue weighted by molar-refractivity contribution is 6.31. The van der Waals surface area contributed by atoms with Gasteiger partial charge in [-0.15, -0.1) is 0 Å². The van der Waals surface area contributed by atoms with E-state index in [-0.39, 0.29) is 30.5 Å². The van der Waals surface area contributed by atoms with Crippen molar-refractivity contribution < 1.29 is 14.3 Å². The number of benzene rings is 2. The summed E-state index contributed by atoms with van der Waals surface area (Å²) in [7, 11) is 0. The average molecular weight is 466 g/mol. The fourth-order valence-electron chi connectivity index (χ4n) is 4.32. The molecule has 1 saturated heterocycles. The van der Waals surface area contributed by atoms with Crippen LogP contribution in [0.15, 0.2) is 55.1 Å². The van der Waals surface area contributed by atoms with Crippen LogP contribution in [0.1, 0.15) is 19.5 Å². The van der Waals surface area contributed by atoms with E-state index in [2.05, 4.69) is 11.9 Å². The first-order valence-electron chi connectivity index (χ1n) is 11.0. The number of carbonyl (C=O) groups is 2. The zero-order valence-corrected chi connectivity index (χ0v) is 19.9. The van der Waals surface area contributed by atoms with Crippen molar-refractivity contribution in [3.8, 4) is 16.9 Å². The molecule has 0 saturated carbocycles. The molecule has 2 amide bonds. The molecule has 4 rings (SSSR count). The third-order valence-electron chi connectivity index (χ3n) is 5.84. The van der Waals surface area contributed by atoms with Crippen molar-refractivity contribution in [1.82, 2.24) is 14.8 Å². The van der Waals surface area contributed by atoms with E-state index in [1.54, 1.807) is 4.90 Å². The summed E-state index contributed by atoms with van der Waals surface area (Å²) < 4.78 is 8.08. The Kier molecular flexibility index (Phi) is 6.47. The second-order valence-corrected chi connectivity index (χ2v) is 9.02. The van der Waals surface area contributed by atoms with Gasteiger partial charge in [-0.3, -0.25) is 9.59 Å². The van der Waals surface area contributed by atoms with E-state index in [1.807, 2.05) is 67.8 Å². The zero-order chi connectivity index (χ0) is 23.7. The molecule has 1 aliphatic heterocycles. The van der Waals surface area contributed by atoms with E-state index >= 15 is 0 Å². The van der Waals surface area contributed by atoms with Gasteiger partial charge < -0.3 is 19.5 Å². The number of halogens is 1. The lowest BCUT2D eigenvalue weighted by atomic mass is 10.0. The topological polar surface area (TPSA) is 63.6 Å². The average Bonchev–Trinajstić information content (AvgIpc) is 3.00. The lowest BCUT2D eigenvalue weighted by molar-refractivity contribution is -0.133. The van der Waals surface area contributed by atoms with E-state index in [0.717, 1.165) is 33.5 Å². The smallest absolute Gasteiger partial charge is 0.246 e. The largest absolute Gasteiger partial charge is 0.490 e. The predicted octanol–water partition coefficient (Wildman–Crippen LogP) is 4.57. The summed E-state index contributed by atoms with van der Waals surface area (Å²) in [5.41, 5.74) is 3.86. The second-order valence-electron chi connectivity index (χ2n) is 8.58. The van der Waals surface area contributed by atoms with Crippen LogP contribution in [0.2, 0.25) is 5.02 Å². The third-order valence-corrected chi connectivity index (χ3v) is 6.07. The van der Waals surface area contributed by atoms with Crippen molar-refractivity contribution >= 4 is 34.3 Å². The Balaban J connectivity index is 1.66. The number of hydrogen-bond donors (Lipinski definition) is 1. The van der Waals surface area contributed by atoms with E-state index in [9.17, 15) is 9.59 Å². The highest BCUT2D eigenvalue weighted by Crippen LogP contribution is 2.40. The lowest BCUT2D eigenvalue weighted by Gasteiger charge is -2.38. The number of nitrogens with one attached hydrogen (secondary N) is 1. The first-order chi connectivity index (χ1) is 15.8. The Morgan fingerprint density at radius 3 is 2.67 bits per heavy atom. The second kappa shape index (κ2) is 9.32. The highest BCUT2D eigenvalue weighted by Gasteiger charge is 2.30. The van der Waals surface area contributed by atoms with Gasteiger partial charge in [0.15, 0.2) is 0 Å². The molecule has 172 valence electrons. The summed E-state index contributed by atoms with van der Waals surface area (Å²) in [6.07, 6.45) is 1.32. The van der Waals surface area contributed by atoms with Crippen LogP contribution < -0.4 is 10.1 Å². The first-order valence-corrected chi connectivity index (χ1v) is 11.4. The molecule has 0 spiro atoms. The van der Waals surface area contributed by atoms with Crippen molar-refractivity contribution in [2.24, 2.45) is 0 Å². The van der Waals surface area contributed by atoms with E-state index < -0.39 is 0 Å². The molecule has 0 atom stereocenters. The van der Waals surface area contributed by atoms with Gasteiger partial charge in [-0.05, 0) is 51.1 Å². The normalized spacial score (nSPS) is 13.8. The number of likely N-dealkylation sites (tertiary alicyclic amines) is 1. The zero-order valence-electron chi connectivity index (χ0n) is 19.1. The van der Waals surface area contributed by atoms with Gasteiger partial charge in [0.1, 0.15) is 12.3 Å². The van der Waals surface area contributed by atoms with Crippen LogP contribution in [0.3, 0.4) is 0 Å². The monoisotopic (exact) mass is 465 g/mol. The molecule has 2 heterocycles. The Labute approximate surface area is 198 Å². The van der Waals surface area contributed by atoms with Crippen molar-refractivity contribution in [3.63, 3.8) is 0 Å². The molecule has 0 radical (unpaired) electrons. The summed E-state index contributed by atoms with van der Waals surface area (Å²) in [4.78, 5) is 26.2. The molecule has 0 aliphatic carbocycles. The van der Waals surface area contributed by atoms with Gasteiger partial charge in [-0.1, -0.05) is 36.4 Å². The van der Waals surface area contributed by atoms with Crippen LogP contribution in [0.5, 0.6) is 5.75 Å². The molecular weight excluding hydrogens is 438 g/mol. The SMILES string of the molecule is C=CC(=O)N1CC(NC(=O)Cn2c(C)c(-c3ccccc3OC(C)C)c3cc(Cl)ccc32)C1. The molecule has 6 nitrogen and oxygen atoms in total. The molecule has 1 N–H and O–H groups in total. The summed E-state index contributed by atoms with van der Waals surface area (Å²) in [5, 5.41) is 4.63. The van der Waals surface area contributed by atoms with Gasteiger partial charge in [0.25, 0.3) is 0 Å². The van der Waals surface area contributed by atoms with Crippen molar-refractivity contribution in [1.29, 1.82) is 0 Å². The molecule has 33 heavy (non-hydrogen) atoms. The summed E-state index contributed by atoms with van der Waals surface area (Å²) in [5.74, 6) is 0.580. The maximum atomic E-state index is 12.9. The Morgan fingerprint density at radius 1 is 1.24 bits per heavy atom. The van der Waals surface area contributed by atoms with Crippen molar-refractivity contribution in [3.05, 3.63) is 65.8 Å². The Hall–Kier alpha value is -3.25. The maximum absolute atomic E-state index is 12.9. The first kappa shape index (κ1) is 22.9. The van der Waals surface area contributed by atoms with Gasteiger partial charge in [-0.2, -0.15) is 0 Å². The number of aromatic nitrogens is 1. The molecule has 2 aromatic carbocycles. The number of hydrogen-bond acceptors (Lipinski definition) is 3. The van der Waals surface area contributed by atoms with Gasteiger partial charge in [-0.25, -0.2) is 0 Å². The Morgan fingerprint density at radius 2 is 1.97 bits per heavy atom. The lowest BCUT2D eigenvalue weighted by Crippen LogP contribution is -2.61. The van der Waals surface area contributed by atoms with Gasteiger partial charge in [0, 0.05) is 45.8 Å².